The second kappa shape index (κ2) is 23.2. The first-order valence-corrected chi connectivity index (χ1v) is 21.7. The summed E-state index contributed by atoms with van der Waals surface area (Å²) in [7, 11) is 0. The molecule has 11 heteroatoms. The van der Waals surface area contributed by atoms with E-state index in [4.69, 9.17) is 33.8 Å². The molecule has 1 saturated heterocycles. The van der Waals surface area contributed by atoms with Crippen molar-refractivity contribution in [2.75, 3.05) is 38.0 Å². The number of hydrogen-bond acceptors (Lipinski definition) is 11. The van der Waals surface area contributed by atoms with E-state index < -0.39 is 11.9 Å². The summed E-state index contributed by atoms with van der Waals surface area (Å²) < 4.78 is 30.5. The molecule has 1 aliphatic heterocycles. The Labute approximate surface area is 357 Å². The molecular weight excluding hydrogens is 775 g/mol. The summed E-state index contributed by atoms with van der Waals surface area (Å²) in [5.74, 6) is 0.160. The molecule has 5 aromatic rings. The van der Waals surface area contributed by atoms with Crippen molar-refractivity contribution in [3.63, 3.8) is 0 Å². The van der Waals surface area contributed by atoms with Crippen molar-refractivity contribution < 1.29 is 33.3 Å². The van der Waals surface area contributed by atoms with Crippen LogP contribution in [-0.2, 0) is 25.4 Å². The van der Waals surface area contributed by atoms with Crippen LogP contribution >= 0.6 is 11.3 Å². The average molecular weight is 830 g/mol. The molecule has 0 atom stereocenters. The molecule has 4 aromatic carbocycles. The fourth-order valence-electron chi connectivity index (χ4n) is 6.71. The SMILES string of the molecule is C=CC(=O)OCCCCCCOc1ccc(C(=O)Oc2ccc(C3COC(CCc4ccc(/C=C/C)cc4)OC3)c(/C=N/N(CCCC)c3nc4ccccc4s3)c2)cc1. The third kappa shape index (κ3) is 13.2. The molecule has 1 fully saturated rings. The van der Waals surface area contributed by atoms with E-state index in [0.717, 1.165) is 77.8 Å². The highest BCUT2D eigenvalue weighted by molar-refractivity contribution is 7.22. The highest BCUT2D eigenvalue weighted by Gasteiger charge is 2.26. The van der Waals surface area contributed by atoms with Crippen LogP contribution in [0.15, 0.2) is 115 Å². The third-order valence-electron chi connectivity index (χ3n) is 10.1. The number of carbonyl (C=O) groups excluding carboxylic acids is 2. The summed E-state index contributed by atoms with van der Waals surface area (Å²) in [6, 6.07) is 29.3. The molecule has 1 aliphatic rings. The lowest BCUT2D eigenvalue weighted by atomic mass is 9.95. The third-order valence-corrected chi connectivity index (χ3v) is 11.1. The van der Waals surface area contributed by atoms with Gasteiger partial charge in [-0.15, -0.1) is 0 Å². The maximum absolute atomic E-state index is 13.4. The summed E-state index contributed by atoms with van der Waals surface area (Å²) >= 11 is 1.61. The van der Waals surface area contributed by atoms with E-state index in [0.29, 0.717) is 50.0 Å². The summed E-state index contributed by atoms with van der Waals surface area (Å²) in [4.78, 5) is 29.4. The monoisotopic (exact) mass is 829 g/mol. The number of hydrogen-bond donors (Lipinski definition) is 0. The van der Waals surface area contributed by atoms with E-state index in [1.807, 2.05) is 60.6 Å². The van der Waals surface area contributed by atoms with Gasteiger partial charge < -0.3 is 23.7 Å². The molecule has 60 heavy (non-hydrogen) atoms. The van der Waals surface area contributed by atoms with E-state index in [2.05, 4.69) is 49.9 Å². The van der Waals surface area contributed by atoms with Gasteiger partial charge in [0.2, 0.25) is 5.13 Å². The van der Waals surface area contributed by atoms with Crippen LogP contribution in [-0.4, -0.2) is 62.4 Å². The van der Waals surface area contributed by atoms with E-state index in [-0.39, 0.29) is 12.2 Å². The fourth-order valence-corrected chi connectivity index (χ4v) is 7.66. The summed E-state index contributed by atoms with van der Waals surface area (Å²) in [6.45, 7) is 10.2. The zero-order valence-electron chi connectivity index (χ0n) is 34.6. The molecule has 0 saturated carbocycles. The molecule has 314 valence electrons. The summed E-state index contributed by atoms with van der Waals surface area (Å²) in [5.41, 5.74) is 5.58. The van der Waals surface area contributed by atoms with Crippen LogP contribution in [0.1, 0.15) is 97.3 Å². The maximum Gasteiger partial charge on any atom is 0.343 e. The standard InChI is InChI=1S/C49H55N3O7S/c1-4-7-29-52(49-51-44-15-10-11-16-45(44)60-49)50-33-39-32-42(59-48(54)38-22-24-41(25-23-38)55-30-12-8-9-13-31-56-46(53)6-3)26-27-43(39)40-34-57-47(58-35-40)28-21-37-19-17-36(14-5-2)18-20-37/h5-6,10-11,14-20,22-27,32-33,40,47H,3-4,7-9,12-13,21,28-31,34-35H2,1-2H3/b14-5+,50-33+. The molecule has 0 bridgehead atoms. The number of carbonyl (C=O) groups is 2. The van der Waals surface area contributed by atoms with Gasteiger partial charge in [0.05, 0.1) is 48.4 Å². The molecule has 10 nitrogen and oxygen atoms in total. The number of aromatic nitrogens is 1. The van der Waals surface area contributed by atoms with Gasteiger partial charge in [-0.2, -0.15) is 5.10 Å². The number of esters is 2. The van der Waals surface area contributed by atoms with Gasteiger partial charge in [0, 0.05) is 30.5 Å². The van der Waals surface area contributed by atoms with Gasteiger partial charge in [0.15, 0.2) is 6.29 Å². The second-order valence-corrected chi connectivity index (χ2v) is 15.6. The van der Waals surface area contributed by atoms with Gasteiger partial charge in [0.1, 0.15) is 11.5 Å². The van der Waals surface area contributed by atoms with Crippen molar-refractivity contribution in [2.24, 2.45) is 5.10 Å². The number of hydrazone groups is 1. The number of nitrogens with zero attached hydrogens (tertiary/aromatic N) is 3. The number of unbranched alkanes of at least 4 members (excludes halogenated alkanes) is 4. The summed E-state index contributed by atoms with van der Waals surface area (Å²) in [6.07, 6.45) is 14.0. The number of benzene rings is 4. The minimum atomic E-state index is -0.475. The molecule has 0 N–H and O–H groups in total. The Morgan fingerprint density at radius 3 is 2.40 bits per heavy atom. The van der Waals surface area contributed by atoms with Crippen LogP contribution in [0, 0.1) is 0 Å². The number of aryl methyl sites for hydroxylation is 1. The zero-order chi connectivity index (χ0) is 41.9. The van der Waals surface area contributed by atoms with Gasteiger partial charge in [-0.1, -0.05) is 85.9 Å². The number of anilines is 1. The summed E-state index contributed by atoms with van der Waals surface area (Å²) in [5, 5.41) is 7.77. The van der Waals surface area contributed by atoms with E-state index in [9.17, 15) is 9.59 Å². The Kier molecular flexibility index (Phi) is 17.0. The predicted molar refractivity (Wildman–Crippen MR) is 240 cm³/mol. The number of para-hydroxylation sites is 1. The Morgan fingerprint density at radius 1 is 0.917 bits per heavy atom. The minimum Gasteiger partial charge on any atom is -0.494 e. The van der Waals surface area contributed by atoms with E-state index in [1.165, 1.54) is 17.2 Å². The van der Waals surface area contributed by atoms with Crippen LogP contribution in [0.2, 0.25) is 0 Å². The van der Waals surface area contributed by atoms with Crippen LogP contribution in [0.5, 0.6) is 11.5 Å². The minimum absolute atomic E-state index is 0.0475. The van der Waals surface area contributed by atoms with Crippen molar-refractivity contribution in [2.45, 2.75) is 77.4 Å². The van der Waals surface area contributed by atoms with Crippen molar-refractivity contribution in [1.29, 1.82) is 0 Å². The molecule has 0 unspecified atom stereocenters. The quantitative estimate of drug-likeness (QED) is 0.0168. The molecule has 6 rings (SSSR count). The van der Waals surface area contributed by atoms with Gasteiger partial charge in [-0.05, 0) is 111 Å². The lowest BCUT2D eigenvalue weighted by Gasteiger charge is -2.30. The first-order chi connectivity index (χ1) is 29.4. The number of ether oxygens (including phenoxy) is 5. The first kappa shape index (κ1) is 43.9. The van der Waals surface area contributed by atoms with Crippen LogP contribution in [0.4, 0.5) is 5.13 Å². The average Bonchev–Trinajstić information content (AvgIpc) is 3.72. The van der Waals surface area contributed by atoms with Crippen molar-refractivity contribution in [3.8, 4) is 11.5 Å². The Morgan fingerprint density at radius 2 is 1.67 bits per heavy atom. The van der Waals surface area contributed by atoms with Crippen LogP contribution in [0.3, 0.4) is 0 Å². The van der Waals surface area contributed by atoms with E-state index in [1.54, 1.807) is 35.6 Å². The number of rotatable bonds is 22. The molecule has 0 radical (unpaired) electrons. The lowest BCUT2D eigenvalue weighted by Crippen LogP contribution is -2.31. The number of allylic oxidation sites excluding steroid dienone is 1. The van der Waals surface area contributed by atoms with Crippen molar-refractivity contribution in [1.82, 2.24) is 4.98 Å². The maximum atomic E-state index is 13.4. The topological polar surface area (TPSA) is 109 Å². The highest BCUT2D eigenvalue weighted by Crippen LogP contribution is 2.32. The van der Waals surface area contributed by atoms with Gasteiger partial charge >= 0.3 is 11.9 Å². The Balaban J connectivity index is 1.11. The molecular formula is C49H55N3O7S. The Hall–Kier alpha value is -5.62. The molecule has 0 amide bonds. The second-order valence-electron chi connectivity index (χ2n) is 14.6. The Bertz CT molecular complexity index is 2160. The van der Waals surface area contributed by atoms with Crippen molar-refractivity contribution in [3.05, 3.63) is 138 Å². The predicted octanol–water partition coefficient (Wildman–Crippen LogP) is 10.9. The largest absolute Gasteiger partial charge is 0.494 e. The van der Waals surface area contributed by atoms with Crippen LogP contribution in [0.25, 0.3) is 16.3 Å². The highest BCUT2D eigenvalue weighted by atomic mass is 32.1. The van der Waals surface area contributed by atoms with E-state index >= 15 is 0 Å². The van der Waals surface area contributed by atoms with Crippen molar-refractivity contribution >= 4 is 50.9 Å². The molecule has 1 aromatic heterocycles. The fraction of sp³-hybridized carbons (Fsp3) is 0.347. The van der Waals surface area contributed by atoms with Gasteiger partial charge in [0.25, 0.3) is 0 Å². The van der Waals surface area contributed by atoms with Gasteiger partial charge in [-0.3, -0.25) is 0 Å². The number of fused-ring (bicyclic) bond motifs is 1. The number of thiazole rings is 1. The molecule has 2 heterocycles. The van der Waals surface area contributed by atoms with Crippen LogP contribution < -0.4 is 14.5 Å². The van der Waals surface area contributed by atoms with Gasteiger partial charge in [-0.25, -0.2) is 19.6 Å². The first-order valence-electron chi connectivity index (χ1n) is 20.9. The lowest BCUT2D eigenvalue weighted by molar-refractivity contribution is -0.189. The molecule has 0 spiro atoms. The zero-order valence-corrected chi connectivity index (χ0v) is 35.4. The normalized spacial score (nSPS) is 15.4. The smallest absolute Gasteiger partial charge is 0.343 e. The molecule has 0 aliphatic carbocycles.